The monoisotopic (exact) mass is 390 g/mol. The van der Waals surface area contributed by atoms with Gasteiger partial charge < -0.3 is 10.1 Å². The first-order chi connectivity index (χ1) is 12.7. The van der Waals surface area contributed by atoms with Crippen LogP contribution in [0.15, 0.2) is 48.5 Å². The lowest BCUT2D eigenvalue weighted by Crippen LogP contribution is -2.40. The van der Waals surface area contributed by atoms with Gasteiger partial charge in [-0.15, -0.1) is 0 Å². The first-order valence-electron chi connectivity index (χ1n) is 8.19. The molecule has 0 fully saturated rings. The van der Waals surface area contributed by atoms with Crippen LogP contribution in [0.25, 0.3) is 0 Å². The Morgan fingerprint density at radius 2 is 1.63 bits per heavy atom. The van der Waals surface area contributed by atoms with Crippen molar-refractivity contribution in [3.8, 4) is 5.75 Å². The molecule has 0 aliphatic heterocycles. The van der Waals surface area contributed by atoms with E-state index in [1.54, 1.807) is 19.2 Å². The summed E-state index contributed by atoms with van der Waals surface area (Å²) in [4.78, 5) is 23.6. The molecule has 0 saturated carbocycles. The summed E-state index contributed by atoms with van der Waals surface area (Å²) < 4.78 is 30.3. The van der Waals surface area contributed by atoms with E-state index in [9.17, 15) is 18.0 Å². The molecule has 0 unspecified atom stereocenters. The lowest BCUT2D eigenvalue weighted by molar-refractivity contribution is -0.119. The van der Waals surface area contributed by atoms with E-state index >= 15 is 0 Å². The summed E-state index contributed by atoms with van der Waals surface area (Å²) in [5.41, 5.74) is 1.65. The quantitative estimate of drug-likeness (QED) is 0.696. The molecule has 0 atom stereocenters. The van der Waals surface area contributed by atoms with Crippen LogP contribution in [0, 0.1) is 0 Å². The number of sulfonamides is 1. The van der Waals surface area contributed by atoms with E-state index < -0.39 is 15.9 Å². The molecule has 2 aromatic rings. The van der Waals surface area contributed by atoms with E-state index in [0.29, 0.717) is 17.0 Å². The van der Waals surface area contributed by atoms with Crippen LogP contribution in [0.3, 0.4) is 0 Å². The topological polar surface area (TPSA) is 92.8 Å². The van der Waals surface area contributed by atoms with Crippen molar-refractivity contribution in [3.05, 3.63) is 59.7 Å². The molecule has 0 heterocycles. The summed E-state index contributed by atoms with van der Waals surface area (Å²) in [5.74, 6) is 0.152. The molecule has 2 aromatic carbocycles. The summed E-state index contributed by atoms with van der Waals surface area (Å²) in [7, 11) is -2.10. The van der Waals surface area contributed by atoms with Gasteiger partial charge in [-0.25, -0.2) is 8.42 Å². The molecule has 1 N–H and O–H groups in total. The maximum atomic E-state index is 12.2. The summed E-state index contributed by atoms with van der Waals surface area (Å²) in [5, 5.41) is 2.70. The van der Waals surface area contributed by atoms with E-state index in [1.165, 1.54) is 31.2 Å². The lowest BCUT2D eigenvalue weighted by atomic mass is 10.1. The number of nitrogens with zero attached hydrogens (tertiary/aromatic N) is 1. The van der Waals surface area contributed by atoms with Gasteiger partial charge in [-0.1, -0.05) is 12.1 Å². The molecule has 0 aliphatic rings. The van der Waals surface area contributed by atoms with Crippen LogP contribution in [-0.4, -0.2) is 40.0 Å². The zero-order chi connectivity index (χ0) is 20.0. The van der Waals surface area contributed by atoms with Crippen LogP contribution in [0.4, 0.5) is 5.69 Å². The van der Waals surface area contributed by atoms with Gasteiger partial charge >= 0.3 is 0 Å². The second-order valence-corrected chi connectivity index (χ2v) is 7.90. The van der Waals surface area contributed by atoms with Gasteiger partial charge in [0.05, 0.1) is 19.1 Å². The maximum Gasteiger partial charge on any atom is 0.241 e. The lowest BCUT2D eigenvalue weighted by Gasteiger charge is -2.22. The summed E-state index contributed by atoms with van der Waals surface area (Å²) in [6, 6.07) is 13.3. The molecule has 7 nitrogen and oxygen atoms in total. The third kappa shape index (κ3) is 5.82. The number of nitrogens with one attached hydrogen (secondary N) is 1. The standard InChI is InChI=1S/C19H22N2O5S/c1-14(22)16-6-8-17(9-7-16)21(27(3,24)25)13-19(23)20-12-15-4-10-18(26-2)11-5-15/h4-11H,12-13H2,1-3H3,(H,20,23). The predicted molar refractivity (Wildman–Crippen MR) is 103 cm³/mol. The Morgan fingerprint density at radius 1 is 1.04 bits per heavy atom. The Hall–Kier alpha value is -2.87. The fraction of sp³-hybridized carbons (Fsp3) is 0.263. The van der Waals surface area contributed by atoms with Crippen molar-refractivity contribution in [2.75, 3.05) is 24.2 Å². The number of amides is 1. The van der Waals surface area contributed by atoms with Crippen molar-refractivity contribution in [2.45, 2.75) is 13.5 Å². The van der Waals surface area contributed by atoms with Crippen LogP contribution in [-0.2, 0) is 21.4 Å². The van der Waals surface area contributed by atoms with E-state index in [1.807, 2.05) is 12.1 Å². The number of carbonyl (C=O) groups is 2. The smallest absolute Gasteiger partial charge is 0.241 e. The van der Waals surface area contributed by atoms with Crippen molar-refractivity contribution < 1.29 is 22.7 Å². The highest BCUT2D eigenvalue weighted by atomic mass is 32.2. The van der Waals surface area contributed by atoms with Crippen LogP contribution in [0.1, 0.15) is 22.8 Å². The van der Waals surface area contributed by atoms with Crippen molar-refractivity contribution in [1.29, 1.82) is 0 Å². The summed E-state index contributed by atoms with van der Waals surface area (Å²) in [6.45, 7) is 1.34. The van der Waals surface area contributed by atoms with Crippen LogP contribution >= 0.6 is 0 Å². The number of hydrogen-bond donors (Lipinski definition) is 1. The molecule has 1 amide bonds. The van der Waals surface area contributed by atoms with Crippen molar-refractivity contribution in [1.82, 2.24) is 5.32 Å². The summed E-state index contributed by atoms with van der Waals surface area (Å²) >= 11 is 0. The largest absolute Gasteiger partial charge is 0.497 e. The number of benzene rings is 2. The number of ether oxygens (including phenoxy) is 1. The van der Waals surface area contributed by atoms with Crippen molar-refractivity contribution in [2.24, 2.45) is 0 Å². The number of carbonyl (C=O) groups excluding carboxylic acids is 2. The van der Waals surface area contributed by atoms with Gasteiger partial charge in [-0.05, 0) is 48.9 Å². The number of methoxy groups -OCH3 is 1. The first-order valence-corrected chi connectivity index (χ1v) is 10.0. The molecule has 2 rings (SSSR count). The van der Waals surface area contributed by atoms with Gasteiger partial charge in [0, 0.05) is 12.1 Å². The van der Waals surface area contributed by atoms with Gasteiger partial charge in [0.2, 0.25) is 15.9 Å². The van der Waals surface area contributed by atoms with Gasteiger partial charge in [0.1, 0.15) is 12.3 Å². The summed E-state index contributed by atoms with van der Waals surface area (Å²) in [6.07, 6.45) is 1.03. The Labute approximate surface area is 159 Å². The highest BCUT2D eigenvalue weighted by molar-refractivity contribution is 7.92. The van der Waals surface area contributed by atoms with E-state index in [-0.39, 0.29) is 18.9 Å². The Balaban J connectivity index is 2.06. The molecule has 0 bridgehead atoms. The zero-order valence-electron chi connectivity index (χ0n) is 15.4. The van der Waals surface area contributed by atoms with Gasteiger partial charge in [0.25, 0.3) is 0 Å². The molecule has 0 radical (unpaired) electrons. The van der Waals surface area contributed by atoms with Gasteiger partial charge in [-0.2, -0.15) is 0 Å². The highest BCUT2D eigenvalue weighted by Crippen LogP contribution is 2.18. The number of anilines is 1. The molecular formula is C19H22N2O5S. The second-order valence-electron chi connectivity index (χ2n) is 6.00. The number of rotatable bonds is 8. The first kappa shape index (κ1) is 20.4. The van der Waals surface area contributed by atoms with E-state index in [2.05, 4.69) is 5.32 Å². The van der Waals surface area contributed by atoms with Crippen molar-refractivity contribution in [3.63, 3.8) is 0 Å². The van der Waals surface area contributed by atoms with Crippen LogP contribution < -0.4 is 14.4 Å². The third-order valence-corrected chi connectivity index (χ3v) is 5.04. The van der Waals surface area contributed by atoms with E-state index in [0.717, 1.165) is 16.1 Å². The third-order valence-electron chi connectivity index (χ3n) is 3.90. The van der Waals surface area contributed by atoms with Crippen molar-refractivity contribution >= 4 is 27.4 Å². The molecule has 27 heavy (non-hydrogen) atoms. The number of hydrogen-bond acceptors (Lipinski definition) is 5. The Bertz CT molecular complexity index is 906. The molecule has 0 aliphatic carbocycles. The molecule has 0 spiro atoms. The fourth-order valence-electron chi connectivity index (χ4n) is 2.39. The number of Topliss-reactive ketones (excluding diaryl/α,β-unsaturated/α-hetero) is 1. The highest BCUT2D eigenvalue weighted by Gasteiger charge is 2.21. The van der Waals surface area contributed by atoms with E-state index in [4.69, 9.17) is 4.74 Å². The van der Waals surface area contributed by atoms with Gasteiger partial charge in [0.15, 0.2) is 5.78 Å². The average molecular weight is 390 g/mol. The molecule has 0 aromatic heterocycles. The fourth-order valence-corrected chi connectivity index (χ4v) is 3.25. The maximum absolute atomic E-state index is 12.2. The van der Waals surface area contributed by atoms with Gasteiger partial charge in [-0.3, -0.25) is 13.9 Å². The predicted octanol–water partition coefficient (Wildman–Crippen LogP) is 1.98. The molecule has 0 saturated heterocycles. The Morgan fingerprint density at radius 3 is 2.11 bits per heavy atom. The number of ketones is 1. The minimum Gasteiger partial charge on any atom is -0.497 e. The second kappa shape index (κ2) is 8.68. The van der Waals surface area contributed by atoms with Crippen LogP contribution in [0.5, 0.6) is 5.75 Å². The van der Waals surface area contributed by atoms with Crippen LogP contribution in [0.2, 0.25) is 0 Å². The minimum absolute atomic E-state index is 0.121. The zero-order valence-corrected chi connectivity index (χ0v) is 16.2. The SMILES string of the molecule is COc1ccc(CNC(=O)CN(c2ccc(C(C)=O)cc2)S(C)(=O)=O)cc1. The molecule has 144 valence electrons. The molecule has 8 heteroatoms. The molecular weight excluding hydrogens is 368 g/mol. The average Bonchev–Trinajstić information content (AvgIpc) is 2.64. The minimum atomic E-state index is -3.67. The Kier molecular flexibility index (Phi) is 6.57. The normalized spacial score (nSPS) is 10.9.